The van der Waals surface area contributed by atoms with Crippen LogP contribution in [0, 0.1) is 11.2 Å². The molecule has 2 aromatic rings. The van der Waals surface area contributed by atoms with Gasteiger partial charge < -0.3 is 10.4 Å². The Morgan fingerprint density at radius 2 is 1.89 bits per heavy atom. The van der Waals surface area contributed by atoms with Gasteiger partial charge in [0.25, 0.3) is 5.91 Å². The van der Waals surface area contributed by atoms with E-state index in [0.29, 0.717) is 18.5 Å². The zero-order valence-electron chi connectivity index (χ0n) is 15.7. The van der Waals surface area contributed by atoms with Crippen LogP contribution in [0.5, 0.6) is 0 Å². The first-order valence-electron chi connectivity index (χ1n) is 9.89. The summed E-state index contributed by atoms with van der Waals surface area (Å²) in [4.78, 5) is 24.7. The molecule has 1 aromatic carbocycles. The molecule has 0 unspecified atom stereocenters. The highest BCUT2D eigenvalue weighted by Gasteiger charge is 2.40. The van der Waals surface area contributed by atoms with Gasteiger partial charge in [-0.2, -0.15) is 5.10 Å². The number of aromatic nitrogens is 2. The summed E-state index contributed by atoms with van der Waals surface area (Å²) in [5.41, 5.74) is 1.42. The molecule has 0 aliphatic heterocycles. The van der Waals surface area contributed by atoms with Crippen LogP contribution in [0.15, 0.2) is 24.3 Å². The first kappa shape index (κ1) is 18.7. The van der Waals surface area contributed by atoms with E-state index in [4.69, 9.17) is 0 Å². The van der Waals surface area contributed by atoms with E-state index in [9.17, 15) is 19.1 Å². The molecule has 7 heteroatoms. The molecule has 1 amide bonds. The number of rotatable bonds is 5. The summed E-state index contributed by atoms with van der Waals surface area (Å²) < 4.78 is 15.8. The molecular weight excluding hydrogens is 361 g/mol. The molecule has 0 atom stereocenters. The Kier molecular flexibility index (Phi) is 4.91. The monoisotopic (exact) mass is 385 g/mol. The Bertz CT molecular complexity index is 916. The maximum absolute atomic E-state index is 14.3. The minimum Gasteiger partial charge on any atom is -0.481 e. The molecule has 1 aromatic heterocycles. The molecule has 2 aliphatic rings. The van der Waals surface area contributed by atoms with E-state index in [0.717, 1.165) is 49.8 Å². The number of fused-ring (bicyclic) bond motifs is 1. The highest BCUT2D eigenvalue weighted by molar-refractivity contribution is 5.94. The summed E-state index contributed by atoms with van der Waals surface area (Å²) in [6, 6.07) is 6.37. The number of hydrogen-bond donors (Lipinski definition) is 2. The van der Waals surface area contributed by atoms with Crippen molar-refractivity contribution >= 4 is 11.9 Å². The smallest absolute Gasteiger partial charge is 0.311 e. The molecule has 2 N–H and O–H groups in total. The summed E-state index contributed by atoms with van der Waals surface area (Å²) in [6.07, 6.45) is 6.25. The molecule has 4 rings (SSSR count). The van der Waals surface area contributed by atoms with E-state index in [-0.39, 0.29) is 18.1 Å². The number of carboxylic acids is 1. The Labute approximate surface area is 162 Å². The predicted octanol–water partition coefficient (Wildman–Crippen LogP) is 3.27. The van der Waals surface area contributed by atoms with Crippen LogP contribution in [0.2, 0.25) is 0 Å². The third-order valence-corrected chi connectivity index (χ3v) is 6.08. The second-order valence-electron chi connectivity index (χ2n) is 7.82. The number of hydrogen-bond acceptors (Lipinski definition) is 3. The predicted molar refractivity (Wildman–Crippen MR) is 101 cm³/mol. The fraction of sp³-hybridized carbons (Fsp3) is 0.476. The van der Waals surface area contributed by atoms with Gasteiger partial charge in [-0.15, -0.1) is 0 Å². The molecule has 1 fully saturated rings. The van der Waals surface area contributed by atoms with Crippen LogP contribution in [0.25, 0.3) is 5.69 Å². The first-order valence-corrected chi connectivity index (χ1v) is 9.89. The van der Waals surface area contributed by atoms with Crippen molar-refractivity contribution in [1.29, 1.82) is 0 Å². The summed E-state index contributed by atoms with van der Waals surface area (Å²) >= 11 is 0. The molecule has 148 valence electrons. The minimum atomic E-state index is -0.898. The fourth-order valence-corrected chi connectivity index (χ4v) is 4.47. The average molecular weight is 385 g/mol. The fourth-order valence-electron chi connectivity index (χ4n) is 4.47. The SMILES string of the molecule is O=C(NCC1(C(=O)O)CCCCC1)c1nn(-c2ccccc2F)c2c1CCC2. The number of carboxylic acid groups (broad SMARTS) is 1. The van der Waals surface area contributed by atoms with Gasteiger partial charge in [0.2, 0.25) is 0 Å². The lowest BCUT2D eigenvalue weighted by molar-refractivity contribution is -0.150. The normalized spacial score (nSPS) is 17.9. The summed E-state index contributed by atoms with van der Waals surface area (Å²) in [6.45, 7) is 0.0997. The van der Waals surface area contributed by atoms with Crippen LogP contribution in [-0.2, 0) is 17.6 Å². The molecule has 0 spiro atoms. The summed E-state index contributed by atoms with van der Waals surface area (Å²) in [7, 11) is 0. The molecule has 1 heterocycles. The van der Waals surface area contributed by atoms with Crippen molar-refractivity contribution in [2.75, 3.05) is 6.54 Å². The number of nitrogens with zero attached hydrogens (tertiary/aromatic N) is 2. The van der Waals surface area contributed by atoms with Gasteiger partial charge in [0.05, 0.1) is 5.41 Å². The Balaban J connectivity index is 1.59. The number of amides is 1. The Hall–Kier alpha value is -2.70. The van der Waals surface area contributed by atoms with Gasteiger partial charge in [-0.1, -0.05) is 31.4 Å². The van der Waals surface area contributed by atoms with Crippen LogP contribution in [0.3, 0.4) is 0 Å². The maximum Gasteiger partial charge on any atom is 0.311 e. The third kappa shape index (κ3) is 3.19. The third-order valence-electron chi connectivity index (χ3n) is 6.08. The molecule has 2 aliphatic carbocycles. The van der Waals surface area contributed by atoms with Gasteiger partial charge in [-0.25, -0.2) is 9.07 Å². The minimum absolute atomic E-state index is 0.0997. The lowest BCUT2D eigenvalue weighted by Gasteiger charge is -2.33. The van der Waals surface area contributed by atoms with E-state index in [1.807, 2.05) is 0 Å². The molecule has 1 saturated carbocycles. The quantitative estimate of drug-likeness (QED) is 0.827. The summed E-state index contributed by atoms with van der Waals surface area (Å²) in [5.74, 6) is -1.62. The van der Waals surface area contributed by atoms with Crippen molar-refractivity contribution in [2.24, 2.45) is 5.41 Å². The van der Waals surface area contributed by atoms with Crippen LogP contribution in [-0.4, -0.2) is 33.3 Å². The molecule has 0 radical (unpaired) electrons. The van der Waals surface area contributed by atoms with E-state index in [2.05, 4.69) is 10.4 Å². The van der Waals surface area contributed by atoms with Crippen molar-refractivity contribution in [1.82, 2.24) is 15.1 Å². The summed E-state index contributed by atoms with van der Waals surface area (Å²) in [5, 5.41) is 16.9. The average Bonchev–Trinajstić information content (AvgIpc) is 3.30. The van der Waals surface area contributed by atoms with E-state index in [1.54, 1.807) is 18.2 Å². The van der Waals surface area contributed by atoms with Gasteiger partial charge in [0.15, 0.2) is 5.69 Å². The second kappa shape index (κ2) is 7.37. The largest absolute Gasteiger partial charge is 0.481 e. The molecule has 28 heavy (non-hydrogen) atoms. The van der Waals surface area contributed by atoms with Gasteiger partial charge in [-0.05, 0) is 44.2 Å². The van der Waals surface area contributed by atoms with Crippen molar-refractivity contribution < 1.29 is 19.1 Å². The van der Waals surface area contributed by atoms with Crippen molar-refractivity contribution in [3.8, 4) is 5.69 Å². The van der Waals surface area contributed by atoms with Crippen molar-refractivity contribution in [3.05, 3.63) is 47.0 Å². The van der Waals surface area contributed by atoms with Crippen LogP contribution < -0.4 is 5.32 Å². The topological polar surface area (TPSA) is 84.2 Å². The van der Waals surface area contributed by atoms with Gasteiger partial charge in [0, 0.05) is 17.8 Å². The van der Waals surface area contributed by atoms with Crippen LogP contribution in [0.1, 0.15) is 60.3 Å². The number of nitrogens with one attached hydrogen (secondary N) is 1. The molecule has 0 saturated heterocycles. The molecular formula is C21H24FN3O3. The van der Waals surface area contributed by atoms with E-state index < -0.39 is 17.2 Å². The maximum atomic E-state index is 14.3. The number of para-hydroxylation sites is 1. The van der Waals surface area contributed by atoms with Crippen LogP contribution in [0.4, 0.5) is 4.39 Å². The van der Waals surface area contributed by atoms with Gasteiger partial charge in [0.1, 0.15) is 11.5 Å². The zero-order valence-corrected chi connectivity index (χ0v) is 15.7. The Morgan fingerprint density at radius 3 is 2.61 bits per heavy atom. The number of halogens is 1. The standard InChI is InChI=1S/C21H24FN3O3/c22-15-8-2-3-9-17(15)25-16-10-6-7-14(16)18(24-25)19(26)23-13-21(20(27)28)11-4-1-5-12-21/h2-3,8-9H,1,4-7,10-13H2,(H,23,26)(H,27,28). The van der Waals surface area contributed by atoms with Gasteiger partial charge in [-0.3, -0.25) is 9.59 Å². The highest BCUT2D eigenvalue weighted by Crippen LogP contribution is 2.36. The van der Waals surface area contributed by atoms with E-state index in [1.165, 1.54) is 10.7 Å². The van der Waals surface area contributed by atoms with E-state index >= 15 is 0 Å². The molecule has 0 bridgehead atoms. The zero-order chi connectivity index (χ0) is 19.7. The lowest BCUT2D eigenvalue weighted by atomic mass is 9.74. The number of aliphatic carboxylic acids is 1. The van der Waals surface area contributed by atoms with Crippen molar-refractivity contribution in [3.63, 3.8) is 0 Å². The number of carbonyl (C=O) groups excluding carboxylic acids is 1. The number of benzene rings is 1. The lowest BCUT2D eigenvalue weighted by Crippen LogP contribution is -2.44. The first-order chi connectivity index (χ1) is 13.5. The molecule has 6 nitrogen and oxygen atoms in total. The van der Waals surface area contributed by atoms with Gasteiger partial charge >= 0.3 is 5.97 Å². The number of carbonyl (C=O) groups is 2. The van der Waals surface area contributed by atoms with Crippen LogP contribution >= 0.6 is 0 Å². The highest BCUT2D eigenvalue weighted by atomic mass is 19.1. The Morgan fingerprint density at radius 1 is 1.14 bits per heavy atom. The van der Waals surface area contributed by atoms with Crippen molar-refractivity contribution in [2.45, 2.75) is 51.4 Å². The second-order valence-corrected chi connectivity index (χ2v) is 7.82.